The van der Waals surface area contributed by atoms with E-state index in [0.29, 0.717) is 6.61 Å². The van der Waals surface area contributed by atoms with Gasteiger partial charge in [-0.15, -0.1) is 0 Å². The minimum Gasteiger partial charge on any atom is -0.376 e. The van der Waals surface area contributed by atoms with Crippen molar-refractivity contribution in [3.8, 4) is 11.1 Å². The number of carbonyl (C=O) groups excluding carboxylic acids is 1. The van der Waals surface area contributed by atoms with Gasteiger partial charge in [-0.2, -0.15) is 0 Å². The highest BCUT2D eigenvalue weighted by atomic mass is 16.5. The van der Waals surface area contributed by atoms with Crippen LogP contribution in [0.1, 0.15) is 13.8 Å². The first-order chi connectivity index (χ1) is 11.6. The van der Waals surface area contributed by atoms with Gasteiger partial charge in [0.05, 0.1) is 18.8 Å². The monoisotopic (exact) mass is 324 g/mol. The van der Waals surface area contributed by atoms with Crippen LogP contribution in [-0.2, 0) is 9.53 Å². The molecule has 1 saturated heterocycles. The molecule has 2 atom stereocenters. The van der Waals surface area contributed by atoms with Crippen molar-refractivity contribution in [1.29, 1.82) is 0 Å². The SMILES string of the molecule is C[C@H](C(=O)Nc1ccccc1-c1ccccc1)N1CCO[C@@H](C)C1. The zero-order valence-electron chi connectivity index (χ0n) is 14.2. The van der Waals surface area contributed by atoms with Crippen molar-refractivity contribution < 1.29 is 9.53 Å². The molecule has 4 heteroatoms. The zero-order valence-corrected chi connectivity index (χ0v) is 14.2. The maximum atomic E-state index is 12.7. The Kier molecular flexibility index (Phi) is 5.28. The highest BCUT2D eigenvalue weighted by molar-refractivity contribution is 5.98. The Bertz CT molecular complexity index is 687. The molecule has 1 N–H and O–H groups in total. The summed E-state index contributed by atoms with van der Waals surface area (Å²) < 4.78 is 5.56. The molecule has 1 amide bonds. The molecule has 3 rings (SSSR count). The van der Waals surface area contributed by atoms with E-state index in [-0.39, 0.29) is 18.1 Å². The van der Waals surface area contributed by atoms with Gasteiger partial charge < -0.3 is 10.1 Å². The molecule has 24 heavy (non-hydrogen) atoms. The summed E-state index contributed by atoms with van der Waals surface area (Å²) in [5.74, 6) is 0.0208. The molecule has 4 nitrogen and oxygen atoms in total. The van der Waals surface area contributed by atoms with Crippen LogP contribution >= 0.6 is 0 Å². The lowest BCUT2D eigenvalue weighted by atomic mass is 10.0. The molecule has 0 aliphatic carbocycles. The summed E-state index contributed by atoms with van der Waals surface area (Å²) in [5.41, 5.74) is 2.98. The summed E-state index contributed by atoms with van der Waals surface area (Å²) in [7, 11) is 0. The van der Waals surface area contributed by atoms with Gasteiger partial charge in [0.25, 0.3) is 0 Å². The molecular weight excluding hydrogens is 300 g/mol. The third kappa shape index (κ3) is 3.83. The maximum absolute atomic E-state index is 12.7. The van der Waals surface area contributed by atoms with Gasteiger partial charge in [-0.1, -0.05) is 48.5 Å². The number of morpholine rings is 1. The largest absolute Gasteiger partial charge is 0.376 e. The molecular formula is C20H24N2O2. The van der Waals surface area contributed by atoms with E-state index in [1.54, 1.807) is 0 Å². The third-order valence-electron chi connectivity index (χ3n) is 4.47. The van der Waals surface area contributed by atoms with E-state index in [9.17, 15) is 4.79 Å². The molecule has 1 aliphatic heterocycles. The standard InChI is InChI=1S/C20H24N2O2/c1-15-14-22(12-13-24-15)16(2)20(23)21-19-11-7-6-10-18(19)17-8-4-3-5-9-17/h3-11,15-16H,12-14H2,1-2H3,(H,21,23)/t15-,16+/m0/s1. The molecule has 1 heterocycles. The van der Waals surface area contributed by atoms with Crippen molar-refractivity contribution in [3.63, 3.8) is 0 Å². The van der Waals surface area contributed by atoms with Crippen LogP contribution in [0.2, 0.25) is 0 Å². The number of hydrogen-bond donors (Lipinski definition) is 1. The zero-order chi connectivity index (χ0) is 16.9. The number of ether oxygens (including phenoxy) is 1. The molecule has 0 bridgehead atoms. The normalized spacial score (nSPS) is 19.7. The fraction of sp³-hybridized carbons (Fsp3) is 0.350. The van der Waals surface area contributed by atoms with Crippen molar-refractivity contribution >= 4 is 11.6 Å². The van der Waals surface area contributed by atoms with Gasteiger partial charge in [0.2, 0.25) is 5.91 Å². The van der Waals surface area contributed by atoms with E-state index in [1.807, 2.05) is 56.3 Å². The number of carbonyl (C=O) groups is 1. The lowest BCUT2D eigenvalue weighted by Crippen LogP contribution is -2.50. The molecule has 1 fully saturated rings. The van der Waals surface area contributed by atoms with Gasteiger partial charge in [0.1, 0.15) is 0 Å². The Hall–Kier alpha value is -2.17. The number of amides is 1. The topological polar surface area (TPSA) is 41.6 Å². The summed E-state index contributed by atoms with van der Waals surface area (Å²) >= 11 is 0. The summed E-state index contributed by atoms with van der Waals surface area (Å²) in [6.45, 7) is 6.26. The fourth-order valence-corrected chi connectivity index (χ4v) is 3.06. The molecule has 1 aliphatic rings. The quantitative estimate of drug-likeness (QED) is 0.937. The van der Waals surface area contributed by atoms with E-state index in [0.717, 1.165) is 29.9 Å². The molecule has 126 valence electrons. The minimum absolute atomic E-state index is 0.0208. The van der Waals surface area contributed by atoms with Crippen molar-refractivity contribution in [1.82, 2.24) is 4.90 Å². The summed E-state index contributed by atoms with van der Waals surface area (Å²) in [6, 6.07) is 17.9. The first kappa shape index (κ1) is 16.7. The van der Waals surface area contributed by atoms with Gasteiger partial charge in [-0.25, -0.2) is 0 Å². The Morgan fingerprint density at radius 1 is 1.17 bits per heavy atom. The molecule has 0 unspecified atom stereocenters. The molecule has 2 aromatic rings. The second-order valence-corrected chi connectivity index (χ2v) is 6.25. The number of rotatable bonds is 4. The second-order valence-electron chi connectivity index (χ2n) is 6.25. The third-order valence-corrected chi connectivity index (χ3v) is 4.47. The van der Waals surface area contributed by atoms with Gasteiger partial charge in [0.15, 0.2) is 0 Å². The average Bonchev–Trinajstić information content (AvgIpc) is 2.62. The van der Waals surface area contributed by atoms with Crippen LogP contribution in [0.4, 0.5) is 5.69 Å². The molecule has 0 spiro atoms. The Labute approximate surface area is 143 Å². The van der Waals surface area contributed by atoms with E-state index < -0.39 is 0 Å². The average molecular weight is 324 g/mol. The van der Waals surface area contributed by atoms with Crippen LogP contribution in [0.5, 0.6) is 0 Å². The first-order valence-electron chi connectivity index (χ1n) is 8.46. The second kappa shape index (κ2) is 7.60. The summed E-state index contributed by atoms with van der Waals surface area (Å²) in [5, 5.41) is 3.10. The Morgan fingerprint density at radius 3 is 2.62 bits per heavy atom. The fourth-order valence-electron chi connectivity index (χ4n) is 3.06. The van der Waals surface area contributed by atoms with Gasteiger partial charge in [-0.3, -0.25) is 9.69 Å². The van der Waals surface area contributed by atoms with Gasteiger partial charge >= 0.3 is 0 Å². The number of benzene rings is 2. The number of para-hydroxylation sites is 1. The number of hydrogen-bond acceptors (Lipinski definition) is 3. The lowest BCUT2D eigenvalue weighted by Gasteiger charge is -2.34. The van der Waals surface area contributed by atoms with Crippen LogP contribution in [0.3, 0.4) is 0 Å². The highest BCUT2D eigenvalue weighted by Crippen LogP contribution is 2.27. The molecule has 2 aromatic carbocycles. The van der Waals surface area contributed by atoms with Crippen molar-refractivity contribution in [2.24, 2.45) is 0 Å². The van der Waals surface area contributed by atoms with Gasteiger partial charge in [0, 0.05) is 24.3 Å². The summed E-state index contributed by atoms with van der Waals surface area (Å²) in [6.07, 6.45) is 0.172. The number of nitrogens with zero attached hydrogens (tertiary/aromatic N) is 1. The maximum Gasteiger partial charge on any atom is 0.241 e. The predicted molar refractivity (Wildman–Crippen MR) is 97.0 cm³/mol. The van der Waals surface area contributed by atoms with Gasteiger partial charge in [-0.05, 0) is 25.5 Å². The van der Waals surface area contributed by atoms with Crippen LogP contribution in [0.25, 0.3) is 11.1 Å². The van der Waals surface area contributed by atoms with Crippen molar-refractivity contribution in [3.05, 3.63) is 54.6 Å². The number of nitrogens with one attached hydrogen (secondary N) is 1. The predicted octanol–water partition coefficient (Wildman–Crippen LogP) is 3.40. The Balaban J connectivity index is 1.75. The summed E-state index contributed by atoms with van der Waals surface area (Å²) in [4.78, 5) is 14.9. The van der Waals surface area contributed by atoms with E-state index in [4.69, 9.17) is 4.74 Å². The highest BCUT2D eigenvalue weighted by Gasteiger charge is 2.26. The van der Waals surface area contributed by atoms with E-state index >= 15 is 0 Å². The van der Waals surface area contributed by atoms with Crippen LogP contribution in [0, 0.1) is 0 Å². The van der Waals surface area contributed by atoms with Crippen molar-refractivity contribution in [2.45, 2.75) is 26.0 Å². The van der Waals surface area contributed by atoms with Crippen LogP contribution in [0.15, 0.2) is 54.6 Å². The minimum atomic E-state index is -0.180. The molecule has 0 aromatic heterocycles. The number of anilines is 1. The van der Waals surface area contributed by atoms with Crippen LogP contribution < -0.4 is 5.32 Å². The lowest BCUT2D eigenvalue weighted by molar-refractivity contribution is -0.123. The smallest absolute Gasteiger partial charge is 0.241 e. The van der Waals surface area contributed by atoms with Crippen LogP contribution in [-0.4, -0.2) is 42.6 Å². The Morgan fingerprint density at radius 2 is 1.88 bits per heavy atom. The first-order valence-corrected chi connectivity index (χ1v) is 8.46. The molecule has 0 saturated carbocycles. The molecule has 0 radical (unpaired) electrons. The van der Waals surface area contributed by atoms with Crippen molar-refractivity contribution in [2.75, 3.05) is 25.0 Å². The van der Waals surface area contributed by atoms with E-state index in [2.05, 4.69) is 22.3 Å². The van der Waals surface area contributed by atoms with E-state index in [1.165, 1.54) is 0 Å².